The Hall–Kier alpha value is -3.68. The summed E-state index contributed by atoms with van der Waals surface area (Å²) in [6.07, 6.45) is -0.0222. The maximum atomic E-state index is 14.0. The number of hydrogen-bond donors (Lipinski definition) is 2. The molecule has 0 saturated carbocycles. The molecule has 0 aliphatic carbocycles. The summed E-state index contributed by atoms with van der Waals surface area (Å²) in [5.74, 6) is -2.21. The number of aliphatic imine (C=N–C) groups is 1. The minimum Gasteiger partial charge on any atom is -0.480 e. The lowest BCUT2D eigenvalue weighted by molar-refractivity contribution is -0.149. The first-order valence-corrected chi connectivity index (χ1v) is 13.2. The molecule has 1 aromatic carbocycles. The van der Waals surface area contributed by atoms with E-state index in [1.165, 1.54) is 30.6 Å². The highest BCUT2D eigenvalue weighted by Gasteiger charge is 2.37. The van der Waals surface area contributed by atoms with Crippen LogP contribution in [0.4, 0.5) is 4.39 Å². The van der Waals surface area contributed by atoms with Gasteiger partial charge in [-0.15, -0.1) is 11.3 Å². The van der Waals surface area contributed by atoms with Crippen molar-refractivity contribution in [2.24, 2.45) is 4.99 Å². The lowest BCUT2D eigenvalue weighted by atomic mass is 9.92. The van der Waals surface area contributed by atoms with Crippen LogP contribution in [0.25, 0.3) is 0 Å². The fraction of sp³-hybridized carbons (Fsp3) is 0.423. The smallest absolute Gasteiger partial charge is 0.338 e. The molecule has 2 unspecified atom stereocenters. The molecular weight excluding hydrogens is 531 g/mol. The molecule has 0 bridgehead atoms. The minimum atomic E-state index is -1.05. The second-order valence-corrected chi connectivity index (χ2v) is 9.77. The molecule has 2 aromatic rings. The normalized spacial score (nSPS) is 19.7. The van der Waals surface area contributed by atoms with Gasteiger partial charge in [-0.2, -0.15) is 0 Å². The fourth-order valence-electron chi connectivity index (χ4n) is 4.42. The predicted molar refractivity (Wildman–Crippen MR) is 139 cm³/mol. The van der Waals surface area contributed by atoms with Crippen molar-refractivity contribution in [2.45, 2.75) is 32.4 Å². The number of amidine groups is 1. The number of carbonyl (C=O) groups excluding carboxylic acids is 2. The number of esters is 2. The zero-order valence-corrected chi connectivity index (χ0v) is 22.5. The Morgan fingerprint density at radius 2 is 2.13 bits per heavy atom. The fourth-order valence-corrected chi connectivity index (χ4v) is 5.19. The molecule has 2 N–H and O–H groups in total. The van der Waals surface area contributed by atoms with E-state index in [1.54, 1.807) is 30.2 Å². The van der Waals surface area contributed by atoms with Crippen molar-refractivity contribution in [3.05, 3.63) is 62.5 Å². The highest BCUT2D eigenvalue weighted by molar-refractivity contribution is 7.11. The molecule has 1 saturated heterocycles. The van der Waals surface area contributed by atoms with Crippen molar-refractivity contribution >= 4 is 35.1 Å². The summed E-state index contributed by atoms with van der Waals surface area (Å²) in [4.78, 5) is 48.0. The zero-order chi connectivity index (χ0) is 28.1. The summed E-state index contributed by atoms with van der Waals surface area (Å²) >= 11 is 1.25. The largest absolute Gasteiger partial charge is 0.480 e. The van der Waals surface area contributed by atoms with Gasteiger partial charge in [-0.3, -0.25) is 19.5 Å². The number of aliphatic carboxylic acids is 1. The van der Waals surface area contributed by atoms with Gasteiger partial charge in [-0.1, -0.05) is 6.07 Å². The molecule has 1 fully saturated rings. The number of rotatable bonds is 9. The molecule has 2 aliphatic heterocycles. The van der Waals surface area contributed by atoms with Gasteiger partial charge in [0.15, 0.2) is 10.8 Å². The molecule has 0 radical (unpaired) electrons. The van der Waals surface area contributed by atoms with E-state index < -0.39 is 35.8 Å². The number of nitrogens with zero attached hydrogens (tertiary/aromatic N) is 3. The molecule has 4 rings (SSSR count). The first kappa shape index (κ1) is 28.3. The van der Waals surface area contributed by atoms with E-state index in [9.17, 15) is 23.9 Å². The molecule has 3 heterocycles. The zero-order valence-electron chi connectivity index (χ0n) is 21.7. The SMILES string of the molecule is CCOC(=O)C1=C(CN2CCOCC2C(=O)O)NC(c2nc(CC(=O)OC)cs2)=NC1c1ccc(F)cc1C. The van der Waals surface area contributed by atoms with E-state index in [4.69, 9.17) is 19.2 Å². The lowest BCUT2D eigenvalue weighted by Crippen LogP contribution is -2.52. The third-order valence-electron chi connectivity index (χ3n) is 6.34. The van der Waals surface area contributed by atoms with Crippen LogP contribution in [0.3, 0.4) is 0 Å². The number of methoxy groups -OCH3 is 1. The van der Waals surface area contributed by atoms with Gasteiger partial charge >= 0.3 is 17.9 Å². The molecular formula is C26H29FN4O7S. The van der Waals surface area contributed by atoms with Gasteiger partial charge in [-0.05, 0) is 37.1 Å². The van der Waals surface area contributed by atoms with Crippen molar-refractivity contribution in [3.8, 4) is 0 Å². The van der Waals surface area contributed by atoms with Crippen LogP contribution in [0.15, 0.2) is 39.8 Å². The van der Waals surface area contributed by atoms with E-state index >= 15 is 0 Å². The van der Waals surface area contributed by atoms with Gasteiger partial charge in [0.1, 0.15) is 17.9 Å². The third kappa shape index (κ3) is 6.49. The second-order valence-electron chi connectivity index (χ2n) is 8.92. The molecule has 2 atom stereocenters. The third-order valence-corrected chi connectivity index (χ3v) is 7.24. The lowest BCUT2D eigenvalue weighted by Gasteiger charge is -2.35. The molecule has 1 aromatic heterocycles. The van der Waals surface area contributed by atoms with Crippen molar-refractivity contribution in [1.29, 1.82) is 0 Å². The van der Waals surface area contributed by atoms with Gasteiger partial charge in [0.25, 0.3) is 0 Å². The van der Waals surface area contributed by atoms with Crippen molar-refractivity contribution < 1.29 is 38.1 Å². The van der Waals surface area contributed by atoms with E-state index in [1.807, 2.05) is 0 Å². The number of thiazole rings is 1. The van der Waals surface area contributed by atoms with Crippen LogP contribution >= 0.6 is 11.3 Å². The van der Waals surface area contributed by atoms with E-state index in [0.29, 0.717) is 46.5 Å². The maximum Gasteiger partial charge on any atom is 0.338 e. The Balaban J connectivity index is 1.82. The van der Waals surface area contributed by atoms with Crippen LogP contribution in [0.5, 0.6) is 0 Å². The van der Waals surface area contributed by atoms with Gasteiger partial charge in [0, 0.05) is 24.2 Å². The molecule has 0 spiro atoms. The Labute approximate surface area is 228 Å². The first-order chi connectivity index (χ1) is 18.7. The summed E-state index contributed by atoms with van der Waals surface area (Å²) in [5.41, 5.74) is 2.23. The highest BCUT2D eigenvalue weighted by Crippen LogP contribution is 2.35. The number of halogens is 1. The summed E-state index contributed by atoms with van der Waals surface area (Å²) in [6.45, 7) is 4.23. The average Bonchev–Trinajstić information content (AvgIpc) is 3.37. The van der Waals surface area contributed by atoms with E-state index in [-0.39, 0.29) is 31.8 Å². The maximum absolute atomic E-state index is 14.0. The van der Waals surface area contributed by atoms with Gasteiger partial charge in [0.05, 0.1) is 44.6 Å². The number of hydrogen-bond acceptors (Lipinski definition) is 11. The summed E-state index contributed by atoms with van der Waals surface area (Å²) < 4.78 is 29.5. The molecule has 11 nitrogen and oxygen atoms in total. The van der Waals surface area contributed by atoms with Gasteiger partial charge in [-0.25, -0.2) is 14.2 Å². The first-order valence-electron chi connectivity index (χ1n) is 12.3. The van der Waals surface area contributed by atoms with Crippen LogP contribution in [-0.4, -0.2) is 84.8 Å². The Kier molecular flexibility index (Phi) is 9.04. The average molecular weight is 561 g/mol. The molecule has 39 heavy (non-hydrogen) atoms. The summed E-state index contributed by atoms with van der Waals surface area (Å²) in [7, 11) is 1.29. The number of carbonyl (C=O) groups is 3. The predicted octanol–water partition coefficient (Wildman–Crippen LogP) is 2.00. The van der Waals surface area contributed by atoms with Crippen LogP contribution < -0.4 is 5.32 Å². The van der Waals surface area contributed by atoms with Crippen molar-refractivity contribution in [2.75, 3.05) is 40.0 Å². The van der Waals surface area contributed by atoms with E-state index in [2.05, 4.69) is 10.3 Å². The monoisotopic (exact) mass is 560 g/mol. The Morgan fingerprint density at radius 3 is 2.82 bits per heavy atom. The summed E-state index contributed by atoms with van der Waals surface area (Å²) in [6, 6.07) is 2.42. The molecule has 2 aliphatic rings. The minimum absolute atomic E-state index is 0.00215. The Morgan fingerprint density at radius 1 is 1.33 bits per heavy atom. The van der Waals surface area contributed by atoms with Crippen LogP contribution in [0, 0.1) is 12.7 Å². The van der Waals surface area contributed by atoms with Crippen molar-refractivity contribution in [1.82, 2.24) is 15.2 Å². The molecule has 13 heteroatoms. The number of nitrogens with one attached hydrogen (secondary N) is 1. The standard InChI is InChI=1S/C26H29FN4O7S/c1-4-38-26(35)21-18(11-31-7-8-37-12-19(31)25(33)34)29-23(24-28-16(13-39-24)10-20(32)36-3)30-22(21)17-6-5-15(27)9-14(17)2/h5-6,9,13,19,22H,4,7-8,10-12H2,1-3H3,(H,29,30)(H,33,34). The number of carboxylic acids is 1. The topological polar surface area (TPSA) is 140 Å². The number of carboxylic acid groups (broad SMARTS) is 1. The number of ether oxygens (including phenoxy) is 3. The van der Waals surface area contributed by atoms with Crippen LogP contribution in [0.1, 0.15) is 34.8 Å². The second kappa shape index (κ2) is 12.5. The molecule has 208 valence electrons. The van der Waals surface area contributed by atoms with Gasteiger partial charge in [0.2, 0.25) is 0 Å². The van der Waals surface area contributed by atoms with Crippen molar-refractivity contribution in [3.63, 3.8) is 0 Å². The quantitative estimate of drug-likeness (QED) is 0.438. The van der Waals surface area contributed by atoms with Crippen LogP contribution in [0.2, 0.25) is 0 Å². The highest BCUT2D eigenvalue weighted by atomic mass is 32.1. The van der Waals surface area contributed by atoms with Crippen LogP contribution in [-0.2, 0) is 35.0 Å². The molecule has 0 amide bonds. The van der Waals surface area contributed by atoms with Gasteiger partial charge < -0.3 is 24.6 Å². The number of aromatic nitrogens is 1. The number of morpholine rings is 1. The Bertz CT molecular complexity index is 1330. The van der Waals surface area contributed by atoms with E-state index in [0.717, 1.165) is 0 Å². The number of benzene rings is 1. The number of aryl methyl sites for hydroxylation is 1. The summed E-state index contributed by atoms with van der Waals surface area (Å²) in [5, 5.41) is 15.1.